The first-order valence-corrected chi connectivity index (χ1v) is 6.70. The van der Waals surface area contributed by atoms with Gasteiger partial charge in [0, 0.05) is 6.08 Å². The fraction of sp³-hybridized carbons (Fsp3) is 0.111. The molecular formula is C18H15NO3. The Balaban J connectivity index is 2.10. The Morgan fingerprint density at radius 3 is 2.68 bits per heavy atom. The molecule has 2 aromatic carbocycles. The molecule has 110 valence electrons. The molecule has 0 aliphatic rings. The molecule has 0 fully saturated rings. The number of carbonyl (C=O) groups excluding carboxylic acids is 1. The van der Waals surface area contributed by atoms with Gasteiger partial charge in [0.25, 0.3) is 0 Å². The quantitative estimate of drug-likeness (QED) is 0.626. The average Bonchev–Trinajstić information content (AvgIpc) is 2.58. The molecule has 0 saturated heterocycles. The van der Waals surface area contributed by atoms with E-state index in [4.69, 9.17) is 4.74 Å². The second-order valence-corrected chi connectivity index (χ2v) is 4.49. The molecule has 4 heteroatoms. The third-order valence-corrected chi connectivity index (χ3v) is 2.99. The van der Waals surface area contributed by atoms with Gasteiger partial charge in [0.1, 0.15) is 12.4 Å². The minimum atomic E-state index is -0.465. The van der Waals surface area contributed by atoms with Crippen molar-refractivity contribution in [3.05, 3.63) is 71.3 Å². The van der Waals surface area contributed by atoms with Crippen LogP contribution in [0.5, 0.6) is 5.75 Å². The largest absolute Gasteiger partial charge is 0.489 e. The molecule has 2 rings (SSSR count). The summed E-state index contributed by atoms with van der Waals surface area (Å²) in [5, 5.41) is 9.19. The van der Waals surface area contributed by atoms with Gasteiger partial charge in [-0.2, -0.15) is 5.26 Å². The molecule has 0 saturated carbocycles. The van der Waals surface area contributed by atoms with E-state index in [1.54, 1.807) is 24.3 Å². The zero-order chi connectivity index (χ0) is 15.8. The number of nitriles is 1. The molecule has 0 spiro atoms. The maximum Gasteiger partial charge on any atom is 0.330 e. The van der Waals surface area contributed by atoms with Gasteiger partial charge >= 0.3 is 5.97 Å². The lowest BCUT2D eigenvalue weighted by Gasteiger charge is -2.07. The van der Waals surface area contributed by atoms with Crippen LogP contribution in [0.25, 0.3) is 6.08 Å². The zero-order valence-electron chi connectivity index (χ0n) is 12.2. The van der Waals surface area contributed by atoms with E-state index >= 15 is 0 Å². The number of nitrogens with zero attached hydrogens (tertiary/aromatic N) is 1. The first-order chi connectivity index (χ1) is 10.7. The molecule has 0 radical (unpaired) electrons. The molecule has 0 aliphatic carbocycles. The Morgan fingerprint density at radius 1 is 1.23 bits per heavy atom. The zero-order valence-corrected chi connectivity index (χ0v) is 12.2. The standard InChI is InChI=1S/C18H15NO3/c1-21-18(20)10-8-15-7-9-17(11-16(15)12-19)22-13-14-5-3-2-4-6-14/h2-11H,13H2,1H3. The molecule has 4 nitrogen and oxygen atoms in total. The highest BCUT2D eigenvalue weighted by Crippen LogP contribution is 2.19. The summed E-state index contributed by atoms with van der Waals surface area (Å²) in [6, 6.07) is 17.0. The smallest absolute Gasteiger partial charge is 0.330 e. The average molecular weight is 293 g/mol. The summed E-state index contributed by atoms with van der Waals surface area (Å²) in [6.07, 6.45) is 2.83. The number of carbonyl (C=O) groups is 1. The molecule has 22 heavy (non-hydrogen) atoms. The second-order valence-electron chi connectivity index (χ2n) is 4.49. The molecule has 0 heterocycles. The number of methoxy groups -OCH3 is 1. The van der Waals surface area contributed by atoms with Gasteiger partial charge in [-0.1, -0.05) is 30.3 Å². The third-order valence-electron chi connectivity index (χ3n) is 2.99. The van der Waals surface area contributed by atoms with Gasteiger partial charge in [0.2, 0.25) is 0 Å². The second kappa shape index (κ2) is 7.65. The van der Waals surface area contributed by atoms with Crippen molar-refractivity contribution in [3.63, 3.8) is 0 Å². The summed E-state index contributed by atoms with van der Waals surface area (Å²) in [6.45, 7) is 0.434. The summed E-state index contributed by atoms with van der Waals surface area (Å²) < 4.78 is 10.2. The van der Waals surface area contributed by atoms with Crippen molar-refractivity contribution in [2.45, 2.75) is 6.61 Å². The summed E-state index contributed by atoms with van der Waals surface area (Å²) in [4.78, 5) is 11.1. The van der Waals surface area contributed by atoms with E-state index in [2.05, 4.69) is 10.8 Å². The molecule has 2 aromatic rings. The van der Waals surface area contributed by atoms with E-state index in [1.165, 1.54) is 13.2 Å². The van der Waals surface area contributed by atoms with Gasteiger partial charge in [0.15, 0.2) is 0 Å². The van der Waals surface area contributed by atoms with Crippen LogP contribution in [-0.4, -0.2) is 13.1 Å². The lowest BCUT2D eigenvalue weighted by molar-refractivity contribution is -0.134. The molecule has 0 bridgehead atoms. The highest BCUT2D eigenvalue weighted by Gasteiger charge is 2.03. The monoisotopic (exact) mass is 293 g/mol. The molecule has 0 amide bonds. The van der Waals surface area contributed by atoms with Crippen LogP contribution >= 0.6 is 0 Å². The van der Waals surface area contributed by atoms with Crippen molar-refractivity contribution >= 4 is 12.0 Å². The van der Waals surface area contributed by atoms with Crippen molar-refractivity contribution in [1.82, 2.24) is 0 Å². The topological polar surface area (TPSA) is 59.3 Å². The fourth-order valence-corrected chi connectivity index (χ4v) is 1.83. The maximum atomic E-state index is 11.1. The number of esters is 1. The minimum absolute atomic E-state index is 0.434. The van der Waals surface area contributed by atoms with Crippen molar-refractivity contribution in [2.75, 3.05) is 7.11 Å². The molecule has 0 N–H and O–H groups in total. The van der Waals surface area contributed by atoms with Crippen LogP contribution in [0.4, 0.5) is 0 Å². The molecule has 0 aliphatic heterocycles. The maximum absolute atomic E-state index is 11.1. The lowest BCUT2D eigenvalue weighted by Crippen LogP contribution is -1.96. The SMILES string of the molecule is COC(=O)C=Cc1ccc(OCc2ccccc2)cc1C#N. The summed E-state index contributed by atoms with van der Waals surface area (Å²) in [5.41, 5.74) is 2.13. The van der Waals surface area contributed by atoms with Crippen molar-refractivity contribution in [1.29, 1.82) is 5.26 Å². The molecule has 0 aromatic heterocycles. The Morgan fingerprint density at radius 2 is 2.00 bits per heavy atom. The molecule has 0 unspecified atom stereocenters. The van der Waals surface area contributed by atoms with E-state index in [1.807, 2.05) is 30.3 Å². The van der Waals surface area contributed by atoms with Crippen LogP contribution in [0, 0.1) is 11.3 Å². The van der Waals surface area contributed by atoms with Crippen molar-refractivity contribution in [3.8, 4) is 11.8 Å². The van der Waals surface area contributed by atoms with Crippen LogP contribution in [0.3, 0.4) is 0 Å². The number of rotatable bonds is 5. The predicted octanol–water partition coefficient (Wildman–Crippen LogP) is 3.32. The van der Waals surface area contributed by atoms with Crippen LogP contribution in [0.2, 0.25) is 0 Å². The minimum Gasteiger partial charge on any atom is -0.489 e. The van der Waals surface area contributed by atoms with Crippen molar-refractivity contribution in [2.24, 2.45) is 0 Å². The molecule has 0 atom stereocenters. The highest BCUT2D eigenvalue weighted by molar-refractivity contribution is 5.87. The fourth-order valence-electron chi connectivity index (χ4n) is 1.83. The summed E-state index contributed by atoms with van der Waals surface area (Å²) in [5.74, 6) is 0.143. The van der Waals surface area contributed by atoms with Crippen molar-refractivity contribution < 1.29 is 14.3 Å². The van der Waals surface area contributed by atoms with E-state index in [-0.39, 0.29) is 0 Å². The number of hydrogen-bond donors (Lipinski definition) is 0. The van der Waals surface area contributed by atoms with Gasteiger partial charge in [-0.25, -0.2) is 4.79 Å². The predicted molar refractivity (Wildman–Crippen MR) is 83.0 cm³/mol. The van der Waals surface area contributed by atoms with E-state index in [9.17, 15) is 10.1 Å². The van der Waals surface area contributed by atoms with E-state index in [0.29, 0.717) is 23.5 Å². The summed E-state index contributed by atoms with van der Waals surface area (Å²) in [7, 11) is 1.30. The number of hydrogen-bond acceptors (Lipinski definition) is 4. The first kappa shape index (κ1) is 15.3. The number of ether oxygens (including phenoxy) is 2. The van der Waals surface area contributed by atoms with Gasteiger partial charge in [0.05, 0.1) is 18.7 Å². The van der Waals surface area contributed by atoms with Gasteiger partial charge < -0.3 is 9.47 Å². The van der Waals surface area contributed by atoms with Crippen LogP contribution < -0.4 is 4.74 Å². The Labute approximate surface area is 129 Å². The molecular weight excluding hydrogens is 278 g/mol. The van der Waals surface area contributed by atoms with E-state index in [0.717, 1.165) is 5.56 Å². The van der Waals surface area contributed by atoms with Gasteiger partial charge in [-0.05, 0) is 35.4 Å². The van der Waals surface area contributed by atoms with E-state index < -0.39 is 5.97 Å². The third kappa shape index (κ3) is 4.22. The van der Waals surface area contributed by atoms with Crippen LogP contribution in [0.15, 0.2) is 54.6 Å². The summed E-state index contributed by atoms with van der Waals surface area (Å²) >= 11 is 0. The van der Waals surface area contributed by atoms with Crippen LogP contribution in [0.1, 0.15) is 16.7 Å². The number of benzene rings is 2. The Kier molecular flexibility index (Phi) is 5.33. The highest BCUT2D eigenvalue weighted by atomic mass is 16.5. The Bertz CT molecular complexity index is 715. The normalized spacial score (nSPS) is 10.2. The van der Waals surface area contributed by atoms with Gasteiger partial charge in [-0.15, -0.1) is 0 Å². The Hall–Kier alpha value is -3.06. The van der Waals surface area contributed by atoms with Gasteiger partial charge in [-0.3, -0.25) is 0 Å². The lowest BCUT2D eigenvalue weighted by atomic mass is 10.1. The van der Waals surface area contributed by atoms with Crippen LogP contribution in [-0.2, 0) is 16.1 Å². The first-order valence-electron chi connectivity index (χ1n) is 6.70.